The largest absolute Gasteiger partial charge is 0.481 e. The molecule has 13 nitrogen and oxygen atoms in total. The van der Waals surface area contributed by atoms with E-state index < -0.39 is 84.8 Å². The summed E-state index contributed by atoms with van der Waals surface area (Å²) in [5.41, 5.74) is -0.367. The van der Waals surface area contributed by atoms with E-state index in [-0.39, 0.29) is 46.7 Å². The molecule has 13 heteroatoms. The predicted octanol–water partition coefficient (Wildman–Crippen LogP) is 2.49. The Morgan fingerprint density at radius 2 is 1.52 bits per heavy atom. The summed E-state index contributed by atoms with van der Waals surface area (Å²) in [4.78, 5) is 13.0. The second kappa shape index (κ2) is 14.0. The number of hydrogen-bond donors (Lipinski definition) is 8. The molecule has 0 radical (unpaired) electrons. The SMILES string of the molecule is CC1(C)CC[C@]2(C(=O)O)CC[C@]3(C)C(=CC[C@@H]4[C@@]5(C)CC[C@H](O[C@@H]6OC[C@H](O)[C@H](O)[C@H]6O[C@@H]6O[C@H](CO)[C@@H](O)[C@H](O)[C@H]6O)[C@](C)(CO)[C@@H]5CC[C@]43C)[C@@H]2C1. The average molecular weight is 767 g/mol. The van der Waals surface area contributed by atoms with Gasteiger partial charge in [-0.3, -0.25) is 4.79 Å². The molecular weight excluding hydrogens is 700 g/mol. The van der Waals surface area contributed by atoms with Gasteiger partial charge in [0.05, 0.1) is 31.3 Å². The van der Waals surface area contributed by atoms with Crippen molar-refractivity contribution in [1.29, 1.82) is 0 Å². The van der Waals surface area contributed by atoms with Crippen molar-refractivity contribution in [3.05, 3.63) is 11.6 Å². The van der Waals surface area contributed by atoms with Crippen LogP contribution >= 0.6 is 0 Å². The van der Waals surface area contributed by atoms with Gasteiger partial charge in [0.15, 0.2) is 12.6 Å². The van der Waals surface area contributed by atoms with Crippen molar-refractivity contribution in [2.24, 2.45) is 50.2 Å². The number of carboxylic acids is 1. The summed E-state index contributed by atoms with van der Waals surface area (Å²) in [7, 11) is 0. The van der Waals surface area contributed by atoms with Crippen LogP contribution in [0, 0.1) is 50.2 Å². The van der Waals surface area contributed by atoms with Gasteiger partial charge in [-0.1, -0.05) is 53.2 Å². The van der Waals surface area contributed by atoms with E-state index in [0.717, 1.165) is 51.4 Å². The second-order valence-corrected chi connectivity index (χ2v) is 20.1. The molecule has 0 unspecified atom stereocenters. The van der Waals surface area contributed by atoms with Gasteiger partial charge < -0.3 is 59.8 Å². The quantitative estimate of drug-likeness (QED) is 0.138. The maximum absolute atomic E-state index is 13.0. The van der Waals surface area contributed by atoms with Crippen molar-refractivity contribution in [2.45, 2.75) is 167 Å². The van der Waals surface area contributed by atoms with Crippen molar-refractivity contribution in [3.63, 3.8) is 0 Å². The zero-order chi connectivity index (χ0) is 39.4. The number of hydrogen-bond acceptors (Lipinski definition) is 12. The van der Waals surface area contributed by atoms with Gasteiger partial charge in [-0.25, -0.2) is 0 Å². The van der Waals surface area contributed by atoms with Gasteiger partial charge in [-0.15, -0.1) is 0 Å². The third-order valence-corrected chi connectivity index (χ3v) is 17.0. The van der Waals surface area contributed by atoms with Crippen LogP contribution in [0.15, 0.2) is 11.6 Å². The number of aliphatic hydroxyl groups is 7. The molecular formula is C41H66O13. The van der Waals surface area contributed by atoms with E-state index in [1.807, 2.05) is 0 Å². The minimum absolute atomic E-state index is 0.0233. The molecule has 0 aromatic heterocycles. The number of aliphatic hydroxyl groups excluding tert-OH is 7. The van der Waals surface area contributed by atoms with Crippen LogP contribution in [-0.4, -0.2) is 128 Å². The summed E-state index contributed by atoms with van der Waals surface area (Å²) >= 11 is 0. The summed E-state index contributed by atoms with van der Waals surface area (Å²) in [6.07, 6.45) is -3.32. The third-order valence-electron chi connectivity index (χ3n) is 17.0. The molecule has 5 aliphatic carbocycles. The van der Waals surface area contributed by atoms with E-state index in [0.29, 0.717) is 18.8 Å². The lowest BCUT2D eigenvalue weighted by atomic mass is 9.33. The average Bonchev–Trinajstić information content (AvgIpc) is 3.12. The molecule has 8 N–H and O–H groups in total. The van der Waals surface area contributed by atoms with Crippen LogP contribution in [0.5, 0.6) is 0 Å². The molecule has 2 saturated heterocycles. The van der Waals surface area contributed by atoms with Crippen LogP contribution in [0.4, 0.5) is 0 Å². The first kappa shape index (κ1) is 40.9. The first-order valence-electron chi connectivity index (χ1n) is 20.4. The number of rotatable bonds is 7. The van der Waals surface area contributed by atoms with Gasteiger partial charge in [0.2, 0.25) is 0 Å². The van der Waals surface area contributed by atoms with Gasteiger partial charge in [-0.2, -0.15) is 0 Å². The summed E-state index contributed by atoms with van der Waals surface area (Å²) in [6, 6.07) is 0. The van der Waals surface area contributed by atoms with Crippen LogP contribution in [0.3, 0.4) is 0 Å². The van der Waals surface area contributed by atoms with Crippen molar-refractivity contribution in [2.75, 3.05) is 19.8 Å². The van der Waals surface area contributed by atoms with Crippen molar-refractivity contribution >= 4 is 5.97 Å². The Morgan fingerprint density at radius 3 is 2.19 bits per heavy atom. The number of fused-ring (bicyclic) bond motifs is 7. The van der Waals surface area contributed by atoms with Crippen molar-refractivity contribution in [1.82, 2.24) is 0 Å². The topological polar surface area (TPSA) is 216 Å². The number of carbonyl (C=O) groups is 1. The van der Waals surface area contributed by atoms with Gasteiger partial charge in [0, 0.05) is 5.41 Å². The molecule has 18 atom stereocenters. The molecule has 0 aromatic carbocycles. The van der Waals surface area contributed by atoms with Crippen LogP contribution in [0.1, 0.15) is 106 Å². The molecule has 308 valence electrons. The summed E-state index contributed by atoms with van der Waals surface area (Å²) in [5.74, 6) is -0.265. The fraction of sp³-hybridized carbons (Fsp3) is 0.927. The van der Waals surface area contributed by atoms with Gasteiger partial charge >= 0.3 is 5.97 Å². The van der Waals surface area contributed by atoms with Crippen LogP contribution in [0.2, 0.25) is 0 Å². The zero-order valence-electron chi connectivity index (χ0n) is 32.9. The van der Waals surface area contributed by atoms with Gasteiger partial charge in [0.25, 0.3) is 0 Å². The Hall–Kier alpha value is -1.23. The summed E-state index contributed by atoms with van der Waals surface area (Å²) < 4.78 is 24.1. The normalized spacial score (nSPS) is 54.3. The third kappa shape index (κ3) is 5.92. The summed E-state index contributed by atoms with van der Waals surface area (Å²) in [5, 5.41) is 84.7. The molecule has 0 spiro atoms. The number of carboxylic acid groups (broad SMARTS) is 1. The summed E-state index contributed by atoms with van der Waals surface area (Å²) in [6.45, 7) is 12.8. The van der Waals surface area contributed by atoms with E-state index in [2.05, 4.69) is 47.6 Å². The number of ether oxygens (including phenoxy) is 4. The van der Waals surface area contributed by atoms with Crippen molar-refractivity contribution in [3.8, 4) is 0 Å². The maximum atomic E-state index is 13.0. The Labute approximate surface area is 319 Å². The van der Waals surface area contributed by atoms with Crippen LogP contribution in [-0.2, 0) is 23.7 Å². The number of allylic oxidation sites excluding steroid dienone is 2. The monoisotopic (exact) mass is 766 g/mol. The fourth-order valence-corrected chi connectivity index (χ4v) is 13.4. The molecule has 54 heavy (non-hydrogen) atoms. The van der Waals surface area contributed by atoms with Crippen LogP contribution < -0.4 is 0 Å². The lowest BCUT2D eigenvalue weighted by Gasteiger charge is -2.71. The first-order valence-corrected chi connectivity index (χ1v) is 20.4. The maximum Gasteiger partial charge on any atom is 0.310 e. The zero-order valence-corrected chi connectivity index (χ0v) is 32.9. The molecule has 0 bridgehead atoms. The van der Waals surface area contributed by atoms with Gasteiger partial charge in [0.1, 0.15) is 42.7 Å². The molecule has 6 fully saturated rings. The first-order chi connectivity index (χ1) is 25.2. The highest BCUT2D eigenvalue weighted by Gasteiger charge is 2.70. The van der Waals surface area contributed by atoms with Crippen LogP contribution in [0.25, 0.3) is 0 Å². The smallest absolute Gasteiger partial charge is 0.310 e. The predicted molar refractivity (Wildman–Crippen MR) is 193 cm³/mol. The molecule has 0 aromatic rings. The minimum Gasteiger partial charge on any atom is -0.481 e. The lowest BCUT2D eigenvalue weighted by molar-refractivity contribution is -0.368. The number of aliphatic carboxylic acids is 1. The van der Waals surface area contributed by atoms with Gasteiger partial charge in [-0.05, 0) is 104 Å². The molecule has 2 heterocycles. The molecule has 7 rings (SSSR count). The minimum atomic E-state index is -1.73. The highest BCUT2D eigenvalue weighted by atomic mass is 16.8. The molecule has 2 aliphatic heterocycles. The Morgan fingerprint density at radius 1 is 0.815 bits per heavy atom. The highest BCUT2D eigenvalue weighted by molar-refractivity contribution is 5.76. The standard InChI is InChI=1S/C41H66O13/c1-36(2)13-15-41(35(49)50)16-14-39(5)21(22(41)17-36)7-8-26-37(3)11-10-27(38(4,20-43)25(37)9-12-40(26,39)6)53-34-32(28(45)23(44)19-51-34)54-33-31(48)30(47)29(46)24(18-42)52-33/h7,22-34,42-48H,8-20H2,1-6H3,(H,49,50)/t22-,23-,24+,25+,26+,27-,28-,29+,30-,31+,32+,33-,34-,37-,38+,39+,40+,41-/m0/s1. The fourth-order valence-electron chi connectivity index (χ4n) is 13.4. The molecule has 4 saturated carbocycles. The highest BCUT2D eigenvalue weighted by Crippen LogP contribution is 2.76. The van der Waals surface area contributed by atoms with E-state index in [4.69, 9.17) is 18.9 Å². The van der Waals surface area contributed by atoms with Crippen molar-refractivity contribution < 1.29 is 64.6 Å². The van der Waals surface area contributed by atoms with E-state index in [1.54, 1.807) is 0 Å². The van der Waals surface area contributed by atoms with E-state index in [9.17, 15) is 45.6 Å². The lowest BCUT2D eigenvalue weighted by Crippen LogP contribution is -2.67. The van der Waals surface area contributed by atoms with E-state index >= 15 is 0 Å². The Kier molecular flexibility index (Phi) is 10.6. The Balaban J connectivity index is 1.15. The Bertz CT molecular complexity index is 1450. The van der Waals surface area contributed by atoms with E-state index in [1.165, 1.54) is 5.57 Å². The second-order valence-electron chi connectivity index (χ2n) is 20.1. The molecule has 0 amide bonds. The molecule has 7 aliphatic rings.